The van der Waals surface area contributed by atoms with Gasteiger partial charge in [0.25, 0.3) is 0 Å². The topological polar surface area (TPSA) is 84.9 Å². The van der Waals surface area contributed by atoms with E-state index in [-0.39, 0.29) is 25.0 Å². The number of ether oxygens (including phenoxy) is 2. The van der Waals surface area contributed by atoms with Crippen LogP contribution in [0.3, 0.4) is 0 Å². The molecule has 7 nitrogen and oxygen atoms in total. The summed E-state index contributed by atoms with van der Waals surface area (Å²) in [7, 11) is 0. The number of aryl methyl sites for hydroxylation is 1. The Bertz CT molecular complexity index is 1070. The van der Waals surface area contributed by atoms with Crippen molar-refractivity contribution in [2.24, 2.45) is 11.8 Å². The Labute approximate surface area is 179 Å². The van der Waals surface area contributed by atoms with Crippen LogP contribution >= 0.6 is 0 Å². The van der Waals surface area contributed by atoms with Crippen LogP contribution in [-0.2, 0) is 25.7 Å². The van der Waals surface area contributed by atoms with Gasteiger partial charge in [-0.2, -0.15) is 0 Å². The Balaban J connectivity index is 1.29. The van der Waals surface area contributed by atoms with E-state index in [1.54, 1.807) is 18.2 Å². The molecule has 3 aliphatic heterocycles. The highest BCUT2D eigenvalue weighted by Crippen LogP contribution is 2.52. The van der Waals surface area contributed by atoms with Gasteiger partial charge in [-0.3, -0.25) is 9.59 Å². The third kappa shape index (κ3) is 3.21. The van der Waals surface area contributed by atoms with Gasteiger partial charge in [-0.05, 0) is 24.6 Å². The van der Waals surface area contributed by atoms with E-state index < -0.39 is 29.6 Å². The molecular formula is C24H22N2O5. The molecule has 0 aliphatic carbocycles. The number of amides is 3. The zero-order valence-corrected chi connectivity index (χ0v) is 17.0. The molecule has 0 saturated carbocycles. The van der Waals surface area contributed by atoms with E-state index in [1.807, 2.05) is 55.5 Å². The van der Waals surface area contributed by atoms with Crippen LogP contribution in [0.25, 0.3) is 0 Å². The number of anilines is 1. The monoisotopic (exact) mass is 418 g/mol. The zero-order valence-electron chi connectivity index (χ0n) is 17.0. The largest absolute Gasteiger partial charge is 0.445 e. The average Bonchev–Trinajstić information content (AvgIpc) is 3.43. The van der Waals surface area contributed by atoms with Gasteiger partial charge in [-0.25, -0.2) is 9.69 Å². The molecule has 0 unspecified atom stereocenters. The SMILES string of the molecule is Cc1ccc(N2C(=O)[C@H]3[C@@H]4C=C[C@](CNC(=O)OCc5ccccc5)(O4)[C@@H]3C2=O)cc1. The summed E-state index contributed by atoms with van der Waals surface area (Å²) in [5.74, 6) is -1.82. The number of carbonyl (C=O) groups is 3. The van der Waals surface area contributed by atoms with Crippen molar-refractivity contribution in [3.8, 4) is 0 Å². The van der Waals surface area contributed by atoms with Crippen molar-refractivity contribution >= 4 is 23.6 Å². The first-order chi connectivity index (χ1) is 15.0. The zero-order chi connectivity index (χ0) is 21.6. The molecule has 0 aromatic heterocycles. The molecule has 4 atom stereocenters. The first-order valence-electron chi connectivity index (χ1n) is 10.2. The van der Waals surface area contributed by atoms with Crippen molar-refractivity contribution in [1.29, 1.82) is 0 Å². The predicted molar refractivity (Wildman–Crippen MR) is 112 cm³/mol. The van der Waals surface area contributed by atoms with Crippen molar-refractivity contribution in [3.05, 3.63) is 77.9 Å². The van der Waals surface area contributed by atoms with Crippen molar-refractivity contribution in [2.45, 2.75) is 25.2 Å². The summed E-state index contributed by atoms with van der Waals surface area (Å²) >= 11 is 0. The number of imide groups is 1. The number of nitrogens with one attached hydrogen (secondary N) is 1. The maximum absolute atomic E-state index is 13.3. The summed E-state index contributed by atoms with van der Waals surface area (Å²) in [6.45, 7) is 2.14. The fraction of sp³-hybridized carbons (Fsp3) is 0.292. The molecule has 3 amide bonds. The van der Waals surface area contributed by atoms with Crippen molar-refractivity contribution < 1.29 is 23.9 Å². The Kier molecular flexibility index (Phi) is 4.63. The van der Waals surface area contributed by atoms with Gasteiger partial charge in [0.2, 0.25) is 11.8 Å². The maximum Gasteiger partial charge on any atom is 0.407 e. The molecule has 2 fully saturated rings. The van der Waals surface area contributed by atoms with E-state index in [1.165, 1.54) is 4.90 Å². The van der Waals surface area contributed by atoms with Crippen LogP contribution in [-0.4, -0.2) is 36.2 Å². The quantitative estimate of drug-likeness (QED) is 0.596. The number of rotatable bonds is 5. The maximum atomic E-state index is 13.3. The van der Waals surface area contributed by atoms with E-state index >= 15 is 0 Å². The lowest BCUT2D eigenvalue weighted by molar-refractivity contribution is -0.126. The highest BCUT2D eigenvalue weighted by atomic mass is 16.6. The molecule has 2 aromatic carbocycles. The number of hydrogen-bond donors (Lipinski definition) is 1. The van der Waals surface area contributed by atoms with Crippen molar-refractivity contribution in [1.82, 2.24) is 5.32 Å². The average molecular weight is 418 g/mol. The summed E-state index contributed by atoms with van der Waals surface area (Å²) < 4.78 is 11.3. The minimum atomic E-state index is -1.05. The minimum absolute atomic E-state index is 0.0511. The van der Waals surface area contributed by atoms with Crippen molar-refractivity contribution in [3.63, 3.8) is 0 Å². The van der Waals surface area contributed by atoms with Gasteiger partial charge < -0.3 is 14.8 Å². The second kappa shape index (κ2) is 7.35. The lowest BCUT2D eigenvalue weighted by Crippen LogP contribution is -2.49. The van der Waals surface area contributed by atoms with Gasteiger partial charge in [-0.1, -0.05) is 60.2 Å². The number of carbonyl (C=O) groups excluding carboxylic acids is 3. The molecule has 2 saturated heterocycles. The standard InChI is InChI=1S/C24H22N2O5/c1-15-7-9-17(10-8-15)26-21(27)19-18-11-12-24(31-18,20(19)22(26)28)14-25-23(29)30-13-16-5-3-2-4-6-16/h2-12,18-20H,13-14H2,1H3,(H,25,29)/t18-,19-,20-,24+/m0/s1. The van der Waals surface area contributed by atoms with Crippen LogP contribution in [0.1, 0.15) is 11.1 Å². The second-order valence-electron chi connectivity index (χ2n) is 8.16. The summed E-state index contributed by atoms with van der Waals surface area (Å²) in [6.07, 6.45) is 2.52. The lowest BCUT2D eigenvalue weighted by Gasteiger charge is -2.28. The van der Waals surface area contributed by atoms with Gasteiger partial charge in [0, 0.05) is 0 Å². The molecule has 3 aliphatic rings. The highest BCUT2D eigenvalue weighted by molar-refractivity contribution is 6.23. The van der Waals surface area contributed by atoms with E-state index in [0.29, 0.717) is 5.69 Å². The molecule has 0 radical (unpaired) electrons. The Hall–Kier alpha value is -3.45. The molecule has 2 bridgehead atoms. The number of fused-ring (bicyclic) bond motifs is 5. The summed E-state index contributed by atoms with van der Waals surface area (Å²) in [5.41, 5.74) is 1.43. The van der Waals surface area contributed by atoms with E-state index in [0.717, 1.165) is 11.1 Å². The fourth-order valence-electron chi connectivity index (χ4n) is 4.64. The summed E-state index contributed by atoms with van der Waals surface area (Å²) in [4.78, 5) is 39.8. The summed E-state index contributed by atoms with van der Waals surface area (Å²) in [6, 6.07) is 16.6. The second-order valence-corrected chi connectivity index (χ2v) is 8.16. The molecule has 1 N–H and O–H groups in total. The summed E-state index contributed by atoms with van der Waals surface area (Å²) in [5, 5.41) is 2.70. The van der Waals surface area contributed by atoms with Gasteiger partial charge >= 0.3 is 6.09 Å². The lowest BCUT2D eigenvalue weighted by atomic mass is 9.77. The molecule has 31 heavy (non-hydrogen) atoms. The Morgan fingerprint density at radius 2 is 1.84 bits per heavy atom. The predicted octanol–water partition coefficient (Wildman–Crippen LogP) is 2.73. The van der Waals surface area contributed by atoms with Crippen LogP contribution < -0.4 is 10.2 Å². The molecular weight excluding hydrogens is 396 g/mol. The van der Waals surface area contributed by atoms with E-state index in [2.05, 4.69) is 5.32 Å². The number of benzene rings is 2. The fourth-order valence-corrected chi connectivity index (χ4v) is 4.64. The van der Waals surface area contributed by atoms with Crippen LogP contribution in [0.5, 0.6) is 0 Å². The van der Waals surface area contributed by atoms with Crippen LogP contribution in [0.15, 0.2) is 66.7 Å². The van der Waals surface area contributed by atoms with Crippen molar-refractivity contribution in [2.75, 3.05) is 11.4 Å². The Morgan fingerprint density at radius 1 is 1.10 bits per heavy atom. The molecule has 2 aromatic rings. The molecule has 0 spiro atoms. The third-order valence-electron chi connectivity index (χ3n) is 6.17. The minimum Gasteiger partial charge on any atom is -0.445 e. The first kappa shape index (κ1) is 19.5. The molecule has 7 heteroatoms. The molecule has 158 valence electrons. The van der Waals surface area contributed by atoms with Gasteiger partial charge in [-0.15, -0.1) is 0 Å². The Morgan fingerprint density at radius 3 is 2.58 bits per heavy atom. The van der Waals surface area contributed by atoms with E-state index in [4.69, 9.17) is 9.47 Å². The van der Waals surface area contributed by atoms with Crippen LogP contribution in [0, 0.1) is 18.8 Å². The first-order valence-corrected chi connectivity index (χ1v) is 10.2. The molecule has 3 heterocycles. The highest BCUT2D eigenvalue weighted by Gasteiger charge is 2.67. The van der Waals surface area contributed by atoms with Gasteiger partial charge in [0.05, 0.1) is 30.2 Å². The van der Waals surface area contributed by atoms with Crippen LogP contribution in [0.4, 0.5) is 10.5 Å². The number of nitrogens with zero attached hydrogens (tertiary/aromatic N) is 1. The molecule has 5 rings (SSSR count). The number of alkyl carbamates (subject to hydrolysis) is 1. The third-order valence-corrected chi connectivity index (χ3v) is 6.17. The smallest absolute Gasteiger partial charge is 0.407 e. The van der Waals surface area contributed by atoms with Crippen LogP contribution in [0.2, 0.25) is 0 Å². The van der Waals surface area contributed by atoms with Gasteiger partial charge in [0.15, 0.2) is 0 Å². The number of hydrogen-bond acceptors (Lipinski definition) is 5. The van der Waals surface area contributed by atoms with Gasteiger partial charge in [0.1, 0.15) is 12.2 Å². The normalized spacial score (nSPS) is 28.2. The van der Waals surface area contributed by atoms with E-state index in [9.17, 15) is 14.4 Å².